The van der Waals surface area contributed by atoms with E-state index < -0.39 is 6.04 Å². The number of ether oxygens (including phenoxy) is 1. The van der Waals surface area contributed by atoms with Gasteiger partial charge in [0.2, 0.25) is 0 Å². The van der Waals surface area contributed by atoms with Crippen molar-refractivity contribution < 1.29 is 14.3 Å². The Labute approximate surface area is 163 Å². The van der Waals surface area contributed by atoms with Crippen molar-refractivity contribution in [2.24, 2.45) is 0 Å². The highest BCUT2D eigenvalue weighted by atomic mass is 16.5. The van der Waals surface area contributed by atoms with Crippen molar-refractivity contribution in [2.75, 3.05) is 18.6 Å². The number of carbonyl (C=O) groups is 2. The highest BCUT2D eigenvalue weighted by molar-refractivity contribution is 6.03. The summed E-state index contributed by atoms with van der Waals surface area (Å²) < 4.78 is 7.68. The van der Waals surface area contributed by atoms with Gasteiger partial charge in [0.25, 0.3) is 11.8 Å². The molecular weight excluding hydrogens is 354 g/mol. The van der Waals surface area contributed by atoms with Crippen molar-refractivity contribution in [1.82, 2.24) is 9.88 Å². The van der Waals surface area contributed by atoms with E-state index in [1.54, 1.807) is 19.3 Å². The largest absolute Gasteiger partial charge is 0.489 e. The monoisotopic (exact) mass is 375 g/mol. The van der Waals surface area contributed by atoms with Crippen molar-refractivity contribution in [3.8, 4) is 5.75 Å². The summed E-state index contributed by atoms with van der Waals surface area (Å²) in [7, 11) is 1.69. The Morgan fingerprint density at radius 2 is 1.86 bits per heavy atom. The molecule has 0 radical (unpaired) electrons. The maximum atomic E-state index is 12.7. The second-order valence-electron chi connectivity index (χ2n) is 6.76. The predicted molar refractivity (Wildman–Crippen MR) is 107 cm³/mol. The lowest BCUT2D eigenvalue weighted by atomic mass is 10.2. The van der Waals surface area contributed by atoms with Gasteiger partial charge in [-0.05, 0) is 23.8 Å². The fourth-order valence-corrected chi connectivity index (χ4v) is 3.27. The van der Waals surface area contributed by atoms with Crippen LogP contribution in [0.1, 0.15) is 15.9 Å². The van der Waals surface area contributed by atoms with Gasteiger partial charge in [-0.25, -0.2) is 0 Å². The molecule has 1 aliphatic heterocycles. The Bertz CT molecular complexity index is 997. The van der Waals surface area contributed by atoms with E-state index in [1.807, 2.05) is 65.4 Å². The fraction of sp³-hybridized carbons (Fsp3) is 0.182. The summed E-state index contributed by atoms with van der Waals surface area (Å²) in [5.41, 5.74) is 2.35. The lowest BCUT2D eigenvalue weighted by molar-refractivity contribution is -0.120. The fourth-order valence-electron chi connectivity index (χ4n) is 3.27. The normalized spacial score (nSPS) is 16.1. The molecule has 1 N–H and O–H groups in total. The Balaban J connectivity index is 1.45. The summed E-state index contributed by atoms with van der Waals surface area (Å²) in [6.07, 6.45) is 3.64. The van der Waals surface area contributed by atoms with Crippen LogP contribution in [-0.4, -0.2) is 36.1 Å². The molecule has 2 heterocycles. The molecule has 0 bridgehead atoms. The highest BCUT2D eigenvalue weighted by Gasteiger charge is 2.30. The molecule has 0 saturated carbocycles. The van der Waals surface area contributed by atoms with Gasteiger partial charge in [0, 0.05) is 26.0 Å². The molecule has 142 valence electrons. The van der Waals surface area contributed by atoms with Crippen molar-refractivity contribution >= 4 is 17.5 Å². The van der Waals surface area contributed by atoms with E-state index in [9.17, 15) is 9.59 Å². The highest BCUT2D eigenvalue weighted by Crippen LogP contribution is 2.29. The smallest absolute Gasteiger partial charge is 0.253 e. The first kappa shape index (κ1) is 17.9. The van der Waals surface area contributed by atoms with Gasteiger partial charge in [-0.3, -0.25) is 9.59 Å². The van der Waals surface area contributed by atoms with E-state index in [4.69, 9.17) is 4.74 Å². The van der Waals surface area contributed by atoms with Crippen LogP contribution < -0.4 is 15.0 Å². The summed E-state index contributed by atoms with van der Waals surface area (Å²) in [5.74, 6) is 0.124. The molecule has 1 unspecified atom stereocenters. The van der Waals surface area contributed by atoms with Crippen LogP contribution in [0.5, 0.6) is 5.75 Å². The van der Waals surface area contributed by atoms with Crippen LogP contribution in [0.4, 0.5) is 5.69 Å². The Morgan fingerprint density at radius 1 is 1.11 bits per heavy atom. The summed E-state index contributed by atoms with van der Waals surface area (Å²) in [6, 6.07) is 18.3. The van der Waals surface area contributed by atoms with Crippen LogP contribution in [0.3, 0.4) is 0 Å². The van der Waals surface area contributed by atoms with Crippen LogP contribution in [-0.2, 0) is 11.3 Å². The van der Waals surface area contributed by atoms with Crippen molar-refractivity contribution in [3.05, 3.63) is 84.2 Å². The molecule has 2 amide bonds. The number of anilines is 1. The first-order chi connectivity index (χ1) is 13.6. The van der Waals surface area contributed by atoms with E-state index in [-0.39, 0.29) is 18.4 Å². The van der Waals surface area contributed by atoms with Gasteiger partial charge < -0.3 is 19.5 Å². The minimum atomic E-state index is -0.748. The van der Waals surface area contributed by atoms with E-state index in [0.29, 0.717) is 23.5 Å². The molecule has 3 aromatic rings. The Hall–Kier alpha value is -3.54. The van der Waals surface area contributed by atoms with Gasteiger partial charge in [-0.1, -0.05) is 42.5 Å². The number of rotatable bonds is 4. The Kier molecular flexibility index (Phi) is 4.85. The average molecular weight is 375 g/mol. The topological polar surface area (TPSA) is 63.6 Å². The van der Waals surface area contributed by atoms with Gasteiger partial charge in [-0.2, -0.15) is 0 Å². The lowest BCUT2D eigenvalue weighted by Crippen LogP contribution is -2.49. The number of hydrogen-bond donors (Lipinski definition) is 1. The number of likely N-dealkylation sites (N-methyl/N-ethyl adjacent to an activating group) is 1. The molecule has 1 aromatic heterocycles. The first-order valence-electron chi connectivity index (χ1n) is 9.12. The van der Waals surface area contributed by atoms with Gasteiger partial charge in [0.1, 0.15) is 18.4 Å². The number of carbonyl (C=O) groups excluding carboxylic acids is 2. The quantitative estimate of drug-likeness (QED) is 0.763. The van der Waals surface area contributed by atoms with Crippen molar-refractivity contribution in [3.63, 3.8) is 0 Å². The number of nitrogens with zero attached hydrogens (tertiary/aromatic N) is 2. The third-order valence-corrected chi connectivity index (χ3v) is 4.79. The number of benzene rings is 2. The molecule has 2 aromatic carbocycles. The van der Waals surface area contributed by atoms with Crippen LogP contribution in [0.15, 0.2) is 73.1 Å². The summed E-state index contributed by atoms with van der Waals surface area (Å²) in [4.78, 5) is 26.9. The summed E-state index contributed by atoms with van der Waals surface area (Å²) in [5, 5.41) is 2.80. The zero-order valence-electron chi connectivity index (χ0n) is 15.5. The summed E-state index contributed by atoms with van der Waals surface area (Å²) >= 11 is 0. The maximum absolute atomic E-state index is 12.7. The van der Waals surface area contributed by atoms with Crippen LogP contribution in [0, 0.1) is 0 Å². The SMILES string of the molecule is CN1C(=O)C(NC(=O)c2ccn(Cc3ccccc3)c2)COc2ccccc21. The molecule has 0 spiro atoms. The van der Waals surface area contributed by atoms with E-state index in [0.717, 1.165) is 5.56 Å². The van der Waals surface area contributed by atoms with E-state index in [1.165, 1.54) is 4.90 Å². The van der Waals surface area contributed by atoms with Gasteiger partial charge in [-0.15, -0.1) is 0 Å². The number of aromatic nitrogens is 1. The third-order valence-electron chi connectivity index (χ3n) is 4.79. The number of hydrogen-bond acceptors (Lipinski definition) is 3. The van der Waals surface area contributed by atoms with Crippen molar-refractivity contribution in [1.29, 1.82) is 0 Å². The van der Waals surface area contributed by atoms with Crippen LogP contribution >= 0.6 is 0 Å². The molecule has 4 rings (SSSR count). The third kappa shape index (κ3) is 3.62. The first-order valence-corrected chi connectivity index (χ1v) is 9.12. The molecule has 0 aliphatic carbocycles. The molecule has 1 aliphatic rings. The minimum Gasteiger partial charge on any atom is -0.489 e. The van der Waals surface area contributed by atoms with E-state index in [2.05, 4.69) is 5.32 Å². The van der Waals surface area contributed by atoms with Gasteiger partial charge in [0.15, 0.2) is 0 Å². The average Bonchev–Trinajstić information content (AvgIpc) is 3.15. The van der Waals surface area contributed by atoms with Crippen molar-refractivity contribution in [2.45, 2.75) is 12.6 Å². The van der Waals surface area contributed by atoms with Gasteiger partial charge >= 0.3 is 0 Å². The molecule has 28 heavy (non-hydrogen) atoms. The molecule has 0 fully saturated rings. The van der Waals surface area contributed by atoms with Crippen LogP contribution in [0.2, 0.25) is 0 Å². The maximum Gasteiger partial charge on any atom is 0.253 e. The second kappa shape index (κ2) is 7.60. The zero-order valence-corrected chi connectivity index (χ0v) is 15.5. The minimum absolute atomic E-state index is 0.0939. The molecular formula is C22H21N3O3. The zero-order chi connectivity index (χ0) is 19.5. The van der Waals surface area contributed by atoms with Crippen LogP contribution in [0.25, 0.3) is 0 Å². The summed E-state index contributed by atoms with van der Waals surface area (Å²) in [6.45, 7) is 0.772. The number of amides is 2. The number of fused-ring (bicyclic) bond motifs is 1. The molecule has 6 nitrogen and oxygen atoms in total. The van der Waals surface area contributed by atoms with Gasteiger partial charge in [0.05, 0.1) is 11.3 Å². The second-order valence-corrected chi connectivity index (χ2v) is 6.76. The Morgan fingerprint density at radius 3 is 2.68 bits per heavy atom. The molecule has 1 atom stereocenters. The standard InChI is InChI=1S/C22H21N3O3/c1-24-19-9-5-6-10-20(19)28-15-18(22(24)27)23-21(26)17-11-12-25(14-17)13-16-7-3-2-4-8-16/h2-12,14,18H,13,15H2,1H3,(H,23,26). The number of para-hydroxylation sites is 2. The lowest BCUT2D eigenvalue weighted by Gasteiger charge is -2.20. The number of nitrogens with one attached hydrogen (secondary N) is 1. The predicted octanol–water partition coefficient (Wildman–Crippen LogP) is 2.69. The van der Waals surface area contributed by atoms with E-state index >= 15 is 0 Å². The molecule has 0 saturated heterocycles. The molecule has 6 heteroatoms.